The molecular weight excluding hydrogens is 428 g/mol. The summed E-state index contributed by atoms with van der Waals surface area (Å²) in [4.78, 5) is 0. The number of rotatable bonds is 6. The smallest absolute Gasteiger partial charge is 0.304 e. The van der Waals surface area contributed by atoms with Gasteiger partial charge in [0.1, 0.15) is 24.7 Å². The molecule has 4 aliphatic rings. The molecule has 1 nitrogen and oxygen atoms in total. The Balaban J connectivity index is 1.20. The molecule has 0 aromatic heterocycles. The molecule has 4 aliphatic carbocycles. The predicted octanol–water partition coefficient (Wildman–Crippen LogP) is 9.02. The van der Waals surface area contributed by atoms with Crippen molar-refractivity contribution in [2.24, 2.45) is 41.4 Å². The van der Waals surface area contributed by atoms with Gasteiger partial charge in [0.2, 0.25) is 0 Å². The Labute approximate surface area is 198 Å². The fourth-order valence-corrected chi connectivity index (χ4v) is 8.08. The molecule has 6 unspecified atom stereocenters. The summed E-state index contributed by atoms with van der Waals surface area (Å²) in [6, 6.07) is 0. The normalized spacial score (nSPS) is 44.8. The first-order chi connectivity index (χ1) is 15.9. The van der Waals surface area contributed by atoms with Gasteiger partial charge in [-0.3, -0.25) is 0 Å². The molecule has 5 heteroatoms. The van der Waals surface area contributed by atoms with E-state index in [-0.39, 0.29) is 18.3 Å². The maximum Gasteiger partial charge on any atom is 0.304 e. The molecule has 0 aromatic carbocycles. The maximum atomic E-state index is 15.3. The van der Waals surface area contributed by atoms with Gasteiger partial charge < -0.3 is 4.74 Å². The SMILES string of the molecule is CCC1CCC(C2CCC(C3CCC(C4CCC(OC=C(F)F)C(F)C4)C(F)C3)CC2)CC1. The van der Waals surface area contributed by atoms with E-state index in [1.54, 1.807) is 0 Å². The summed E-state index contributed by atoms with van der Waals surface area (Å²) in [6.45, 7) is 2.33. The molecule has 0 N–H and O–H groups in total. The van der Waals surface area contributed by atoms with E-state index in [0.717, 1.165) is 30.6 Å². The van der Waals surface area contributed by atoms with Crippen LogP contribution in [0.2, 0.25) is 0 Å². The van der Waals surface area contributed by atoms with Gasteiger partial charge >= 0.3 is 6.08 Å². The minimum Gasteiger partial charge on any atom is -0.489 e. The van der Waals surface area contributed by atoms with E-state index < -0.39 is 24.5 Å². The lowest BCUT2D eigenvalue weighted by Gasteiger charge is -2.44. The van der Waals surface area contributed by atoms with Gasteiger partial charge in [0.05, 0.1) is 0 Å². The standard InChI is InChI=1S/C28H44F4O/c1-2-18-3-5-19(6-4-18)20-7-9-21(10-8-20)22-11-13-24(25(29)15-22)23-12-14-27(26(30)16-23)33-17-28(31)32/h17-27H,2-16H2,1H3. The molecule has 190 valence electrons. The number of ether oxygens (including phenoxy) is 1. The third-order valence-electron chi connectivity index (χ3n) is 10.2. The zero-order valence-electron chi connectivity index (χ0n) is 20.4. The highest BCUT2D eigenvalue weighted by Crippen LogP contribution is 2.49. The lowest BCUT2D eigenvalue weighted by molar-refractivity contribution is -0.0269. The average molecular weight is 473 g/mol. The van der Waals surface area contributed by atoms with Crippen LogP contribution in [0, 0.1) is 41.4 Å². The van der Waals surface area contributed by atoms with Crippen molar-refractivity contribution in [3.05, 3.63) is 12.3 Å². The summed E-state index contributed by atoms with van der Waals surface area (Å²) in [7, 11) is 0. The Morgan fingerprint density at radius 1 is 0.667 bits per heavy atom. The second-order valence-corrected chi connectivity index (χ2v) is 11.8. The molecule has 33 heavy (non-hydrogen) atoms. The largest absolute Gasteiger partial charge is 0.489 e. The second kappa shape index (κ2) is 11.8. The Morgan fingerprint density at radius 3 is 1.73 bits per heavy atom. The number of hydrogen-bond donors (Lipinski definition) is 0. The summed E-state index contributed by atoms with van der Waals surface area (Å²) in [5.41, 5.74) is 0. The highest BCUT2D eigenvalue weighted by molar-refractivity contribution is 4.93. The highest BCUT2D eigenvalue weighted by atomic mass is 19.3. The third kappa shape index (κ3) is 6.48. The second-order valence-electron chi connectivity index (χ2n) is 11.8. The fourth-order valence-electron chi connectivity index (χ4n) is 8.08. The molecule has 0 radical (unpaired) electrons. The topological polar surface area (TPSA) is 9.23 Å². The molecule has 4 rings (SSSR count). The van der Waals surface area contributed by atoms with Crippen LogP contribution in [-0.2, 0) is 4.74 Å². The van der Waals surface area contributed by atoms with Crippen molar-refractivity contribution in [1.82, 2.24) is 0 Å². The minimum atomic E-state index is -1.94. The van der Waals surface area contributed by atoms with E-state index in [1.165, 1.54) is 57.8 Å². The van der Waals surface area contributed by atoms with Crippen LogP contribution in [0.1, 0.15) is 103 Å². The highest BCUT2D eigenvalue weighted by Gasteiger charge is 2.43. The van der Waals surface area contributed by atoms with Crippen LogP contribution in [0.15, 0.2) is 12.3 Å². The van der Waals surface area contributed by atoms with Gasteiger partial charge in [-0.2, -0.15) is 8.78 Å². The molecule has 0 spiro atoms. The van der Waals surface area contributed by atoms with E-state index in [9.17, 15) is 13.2 Å². The van der Waals surface area contributed by atoms with E-state index >= 15 is 4.39 Å². The van der Waals surface area contributed by atoms with Gasteiger partial charge in [0.25, 0.3) is 0 Å². The number of hydrogen-bond acceptors (Lipinski definition) is 1. The molecule has 0 aliphatic heterocycles. The molecule has 4 saturated carbocycles. The van der Waals surface area contributed by atoms with Crippen molar-refractivity contribution in [3.63, 3.8) is 0 Å². The van der Waals surface area contributed by atoms with Crippen LogP contribution in [0.5, 0.6) is 0 Å². The van der Waals surface area contributed by atoms with Gasteiger partial charge in [0.15, 0.2) is 0 Å². The molecule has 0 saturated heterocycles. The van der Waals surface area contributed by atoms with Crippen molar-refractivity contribution in [2.45, 2.75) is 122 Å². The van der Waals surface area contributed by atoms with Gasteiger partial charge in [-0.25, -0.2) is 8.78 Å². The molecule has 4 fully saturated rings. The zero-order valence-corrected chi connectivity index (χ0v) is 20.4. The number of halogens is 4. The molecule has 0 heterocycles. The van der Waals surface area contributed by atoms with Crippen molar-refractivity contribution in [1.29, 1.82) is 0 Å². The van der Waals surface area contributed by atoms with E-state index in [4.69, 9.17) is 4.74 Å². The van der Waals surface area contributed by atoms with Gasteiger partial charge in [-0.1, -0.05) is 26.2 Å². The average Bonchev–Trinajstić information content (AvgIpc) is 2.83. The monoisotopic (exact) mass is 472 g/mol. The first-order valence-corrected chi connectivity index (χ1v) is 13.9. The molecule has 6 atom stereocenters. The van der Waals surface area contributed by atoms with Crippen molar-refractivity contribution >= 4 is 0 Å². The Kier molecular flexibility index (Phi) is 9.06. The summed E-state index contributed by atoms with van der Waals surface area (Å²) in [5, 5.41) is 0. The van der Waals surface area contributed by atoms with Crippen molar-refractivity contribution in [2.75, 3.05) is 0 Å². The first-order valence-electron chi connectivity index (χ1n) is 13.9. The maximum absolute atomic E-state index is 15.3. The molecule has 0 bridgehead atoms. The van der Waals surface area contributed by atoms with E-state index in [2.05, 4.69) is 6.92 Å². The van der Waals surface area contributed by atoms with Gasteiger partial charge in [-0.15, -0.1) is 0 Å². The van der Waals surface area contributed by atoms with Crippen molar-refractivity contribution in [3.8, 4) is 0 Å². The summed E-state index contributed by atoms with van der Waals surface area (Å²) in [6.07, 6.45) is 11.6. The summed E-state index contributed by atoms with van der Waals surface area (Å²) in [5.74, 6) is 3.90. The molecule has 0 aromatic rings. The zero-order chi connectivity index (χ0) is 23.4. The Morgan fingerprint density at radius 2 is 1.18 bits per heavy atom. The quantitative estimate of drug-likeness (QED) is 0.277. The van der Waals surface area contributed by atoms with Crippen molar-refractivity contribution < 1.29 is 22.3 Å². The fraction of sp³-hybridized carbons (Fsp3) is 0.929. The minimum absolute atomic E-state index is 0.0176. The van der Waals surface area contributed by atoms with E-state index in [1.807, 2.05) is 0 Å². The van der Waals surface area contributed by atoms with Crippen LogP contribution in [-0.4, -0.2) is 18.4 Å². The van der Waals surface area contributed by atoms with Crippen LogP contribution < -0.4 is 0 Å². The predicted molar refractivity (Wildman–Crippen MR) is 124 cm³/mol. The summed E-state index contributed by atoms with van der Waals surface area (Å²) < 4.78 is 59.2. The van der Waals surface area contributed by atoms with Crippen LogP contribution in [0.4, 0.5) is 17.6 Å². The number of alkyl halides is 2. The first kappa shape index (κ1) is 25.4. The van der Waals surface area contributed by atoms with Crippen LogP contribution in [0.25, 0.3) is 0 Å². The molecule has 0 amide bonds. The van der Waals surface area contributed by atoms with Gasteiger partial charge in [-0.05, 0) is 118 Å². The lowest BCUT2D eigenvalue weighted by Crippen LogP contribution is -2.40. The van der Waals surface area contributed by atoms with Gasteiger partial charge in [0, 0.05) is 0 Å². The lowest BCUT2D eigenvalue weighted by atomic mass is 9.63. The van der Waals surface area contributed by atoms with E-state index in [0.29, 0.717) is 37.4 Å². The third-order valence-corrected chi connectivity index (χ3v) is 10.2. The molecular formula is C28H44F4O. The van der Waals surface area contributed by atoms with Crippen LogP contribution >= 0.6 is 0 Å². The Bertz CT molecular complexity index is 619. The summed E-state index contributed by atoms with van der Waals surface area (Å²) >= 11 is 0. The van der Waals surface area contributed by atoms with Crippen LogP contribution in [0.3, 0.4) is 0 Å². The Hall–Kier alpha value is -0.740.